The first kappa shape index (κ1) is 25.6. The van der Waals surface area contributed by atoms with E-state index in [-0.39, 0.29) is 11.2 Å². The van der Waals surface area contributed by atoms with Gasteiger partial charge >= 0.3 is 11.5 Å². The second kappa shape index (κ2) is 8.05. The zero-order valence-electron chi connectivity index (χ0n) is 21.0. The van der Waals surface area contributed by atoms with Crippen molar-refractivity contribution in [1.29, 1.82) is 0 Å². The topological polar surface area (TPSA) is 90.2 Å². The maximum absolute atomic E-state index is 13.1. The molecule has 0 saturated heterocycles. The van der Waals surface area contributed by atoms with E-state index in [4.69, 9.17) is 4.43 Å². The number of hydrogen-bond donors (Lipinski definition) is 0. The third-order valence-corrected chi connectivity index (χ3v) is 14.0. The van der Waals surface area contributed by atoms with Gasteiger partial charge in [-0.05, 0) is 19.6 Å². The Balaban J connectivity index is 2.88. The summed E-state index contributed by atoms with van der Waals surface area (Å²) in [6, 6.07) is 0. The highest BCUT2D eigenvalue weighted by atomic mass is 28.4. The molecule has 2 rings (SSSR count). The third-order valence-electron chi connectivity index (χ3n) is 4.39. The minimum Gasteiger partial charge on any atom is -0.515 e. The van der Waals surface area contributed by atoms with Crippen molar-refractivity contribution in [3.05, 3.63) is 22.2 Å². The summed E-state index contributed by atoms with van der Waals surface area (Å²) < 4.78 is 10.1. The maximum atomic E-state index is 13.1. The molecule has 0 atom stereocenters. The Labute approximate surface area is 189 Å². The van der Waals surface area contributed by atoms with E-state index in [1.54, 1.807) is 0 Å². The molecule has 31 heavy (non-hydrogen) atoms. The van der Waals surface area contributed by atoms with Crippen LogP contribution in [0.2, 0.25) is 78.6 Å². The molecule has 0 aliphatic carbocycles. The van der Waals surface area contributed by atoms with Gasteiger partial charge in [-0.1, -0.05) is 58.9 Å². The lowest BCUT2D eigenvalue weighted by molar-refractivity contribution is 0.0718. The highest BCUT2D eigenvalue weighted by Gasteiger charge is 2.39. The van der Waals surface area contributed by atoms with Crippen LogP contribution in [0.25, 0.3) is 11.2 Å². The van der Waals surface area contributed by atoms with Gasteiger partial charge in [-0.25, -0.2) is 14.8 Å². The van der Waals surface area contributed by atoms with Gasteiger partial charge in [0.25, 0.3) is 0 Å². The first-order valence-electron chi connectivity index (χ1n) is 10.6. The monoisotopic (exact) mass is 495 g/mol. The smallest absolute Gasteiger partial charge is 0.345 e. The molecule has 0 amide bonds. The van der Waals surface area contributed by atoms with E-state index in [0.717, 1.165) is 0 Å². The van der Waals surface area contributed by atoms with Gasteiger partial charge in [0.2, 0.25) is 8.32 Å². The third kappa shape index (κ3) is 5.78. The van der Waals surface area contributed by atoms with Crippen LogP contribution >= 0.6 is 0 Å². The minimum atomic E-state index is -2.10. The second-order valence-electron chi connectivity index (χ2n) is 11.8. The van der Waals surface area contributed by atoms with E-state index in [1.165, 1.54) is 6.20 Å². The van der Waals surface area contributed by atoms with Crippen LogP contribution in [0.15, 0.2) is 11.0 Å². The van der Waals surface area contributed by atoms with Gasteiger partial charge in [-0.3, -0.25) is 4.79 Å². The van der Waals surface area contributed by atoms with Crippen molar-refractivity contribution in [1.82, 2.24) is 19.2 Å². The lowest BCUT2D eigenvalue weighted by atomic mass is 10.4. The number of aromatic nitrogens is 4. The molecule has 2 aromatic rings. The van der Waals surface area contributed by atoms with Crippen LogP contribution in [0.4, 0.5) is 5.95 Å². The van der Waals surface area contributed by atoms with Gasteiger partial charge in [-0.15, -0.1) is 0 Å². The van der Waals surface area contributed by atoms with Crippen molar-refractivity contribution in [2.24, 2.45) is 0 Å². The van der Waals surface area contributed by atoms with Gasteiger partial charge in [-0.2, -0.15) is 4.98 Å². The second-order valence-corrected chi connectivity index (χ2v) is 31.1. The molecule has 172 valence electrons. The zero-order valence-corrected chi connectivity index (χ0v) is 25.0. The van der Waals surface area contributed by atoms with Crippen molar-refractivity contribution in [2.45, 2.75) is 78.6 Å². The first-order chi connectivity index (χ1) is 13.7. The Hall–Kier alpha value is -1.64. The Bertz CT molecular complexity index is 1050. The molecule has 2 aromatic heterocycles. The summed E-state index contributed by atoms with van der Waals surface area (Å²) in [5.74, 6) is 0.171. The van der Waals surface area contributed by atoms with E-state index in [0.29, 0.717) is 11.6 Å². The zero-order chi connectivity index (χ0) is 24.2. The van der Waals surface area contributed by atoms with Crippen molar-refractivity contribution in [3.8, 4) is 0 Å². The number of carbonyl (C=O) groups excluding carboxylic acids is 1. The molecule has 0 aliphatic heterocycles. The number of anilines is 1. The molecule has 0 fully saturated rings. The van der Waals surface area contributed by atoms with Crippen molar-refractivity contribution in [3.63, 3.8) is 0 Å². The fourth-order valence-electron chi connectivity index (χ4n) is 3.78. The summed E-state index contributed by atoms with van der Waals surface area (Å²) in [6.07, 6.45) is 1.43. The molecule has 0 N–H and O–H groups in total. The first-order valence-corrected chi connectivity index (χ1v) is 24.3. The van der Waals surface area contributed by atoms with E-state index in [2.05, 4.69) is 82.3 Å². The highest BCUT2D eigenvalue weighted by molar-refractivity contribution is 6.99. The average Bonchev–Trinajstić information content (AvgIpc) is 2.48. The van der Waals surface area contributed by atoms with Gasteiger partial charge in [0.1, 0.15) is 16.5 Å². The van der Waals surface area contributed by atoms with Crippen molar-refractivity contribution < 1.29 is 9.22 Å². The fraction of sp³-hybridized carbons (Fsp3) is 0.632. The molecule has 8 nitrogen and oxygen atoms in total. The maximum Gasteiger partial charge on any atom is 0.345 e. The summed E-state index contributed by atoms with van der Waals surface area (Å²) in [5, 5.41) is 0. The standard InChI is InChI=1S/C19H37N5O3Si4/c1-28(2,3)23-16-15(21-14(13-20-16)18(26)27-31(10,11)12)17(25)22-19(23)24(29(4,5)6)30(7,8)9/h13H,1-12H3. The van der Waals surface area contributed by atoms with Crippen LogP contribution in [-0.4, -0.2) is 58.2 Å². The van der Waals surface area contributed by atoms with Crippen LogP contribution in [0.3, 0.4) is 0 Å². The predicted octanol–water partition coefficient (Wildman–Crippen LogP) is 4.34. The Kier molecular flexibility index (Phi) is 6.65. The van der Waals surface area contributed by atoms with Crippen LogP contribution in [0.5, 0.6) is 0 Å². The number of hydrogen-bond acceptors (Lipinski definition) is 7. The van der Waals surface area contributed by atoms with Gasteiger partial charge in [0.05, 0.1) is 6.20 Å². The summed E-state index contributed by atoms with van der Waals surface area (Å²) >= 11 is 0. The number of carbonyl (C=O) groups is 1. The van der Waals surface area contributed by atoms with Crippen LogP contribution in [0, 0.1) is 0 Å². The molecule has 12 heteroatoms. The average molecular weight is 496 g/mol. The molecule has 0 radical (unpaired) electrons. The largest absolute Gasteiger partial charge is 0.515 e. The lowest BCUT2D eigenvalue weighted by Crippen LogP contribution is -2.62. The van der Waals surface area contributed by atoms with E-state index < -0.39 is 44.6 Å². The summed E-state index contributed by atoms with van der Waals surface area (Å²) in [7, 11) is -7.88. The normalized spacial score (nSPS) is 13.4. The minimum absolute atomic E-state index is 0.0518. The number of rotatable bonds is 6. The SMILES string of the molecule is C[Si](C)(C)OC(=O)c1cnc2c(n1)c(=O)nc(N([Si](C)(C)C)[Si](C)(C)C)n2[Si](C)(C)C. The lowest BCUT2D eigenvalue weighted by Gasteiger charge is -2.46. The number of nitrogens with zero attached hydrogens (tertiary/aromatic N) is 5. The van der Waals surface area contributed by atoms with Gasteiger partial charge in [0.15, 0.2) is 31.0 Å². The Morgan fingerprint density at radius 3 is 1.84 bits per heavy atom. The summed E-state index contributed by atoms with van der Waals surface area (Å²) in [5.41, 5.74) is 0.231. The van der Waals surface area contributed by atoms with Crippen molar-refractivity contribution >= 4 is 56.1 Å². The van der Waals surface area contributed by atoms with E-state index in [9.17, 15) is 9.59 Å². The molecule has 0 saturated carbocycles. The molecule has 2 heterocycles. The number of fused-ring (bicyclic) bond motifs is 1. The van der Waals surface area contributed by atoms with Gasteiger partial charge < -0.3 is 12.9 Å². The predicted molar refractivity (Wildman–Crippen MR) is 138 cm³/mol. The molecule has 0 bridgehead atoms. The van der Waals surface area contributed by atoms with E-state index in [1.807, 2.05) is 19.6 Å². The van der Waals surface area contributed by atoms with Crippen LogP contribution in [-0.2, 0) is 4.43 Å². The highest BCUT2D eigenvalue weighted by Crippen LogP contribution is 2.30. The van der Waals surface area contributed by atoms with Crippen LogP contribution < -0.4 is 9.79 Å². The van der Waals surface area contributed by atoms with E-state index >= 15 is 0 Å². The van der Waals surface area contributed by atoms with Crippen LogP contribution in [0.1, 0.15) is 10.5 Å². The molecule has 0 unspecified atom stereocenters. The molecule has 0 spiro atoms. The quantitative estimate of drug-likeness (QED) is 0.551. The Morgan fingerprint density at radius 1 is 0.903 bits per heavy atom. The van der Waals surface area contributed by atoms with Gasteiger partial charge in [0, 0.05) is 0 Å². The molecular weight excluding hydrogens is 459 g/mol. The molecular formula is C19H37N5O3Si4. The fourth-order valence-corrected chi connectivity index (χ4v) is 15.7. The van der Waals surface area contributed by atoms with Crippen molar-refractivity contribution in [2.75, 3.05) is 4.23 Å². The Morgan fingerprint density at radius 2 is 1.42 bits per heavy atom. The summed E-state index contributed by atoms with van der Waals surface area (Å²) in [4.78, 5) is 39.2. The molecule has 0 aromatic carbocycles. The molecule has 0 aliphatic rings. The summed E-state index contributed by atoms with van der Waals surface area (Å²) in [6.45, 7) is 26.0.